The molecule has 1 aromatic heterocycles. The summed E-state index contributed by atoms with van der Waals surface area (Å²) in [6.07, 6.45) is 1.35. The lowest BCUT2D eigenvalue weighted by atomic mass is 10.2. The molecule has 0 aliphatic carbocycles. The van der Waals surface area contributed by atoms with Crippen LogP contribution in [0.5, 0.6) is 0 Å². The summed E-state index contributed by atoms with van der Waals surface area (Å²) in [6.45, 7) is 2.31. The van der Waals surface area contributed by atoms with E-state index in [0.717, 1.165) is 5.69 Å². The van der Waals surface area contributed by atoms with Gasteiger partial charge < -0.3 is 14.9 Å². The number of aromatic carboxylic acids is 1. The fourth-order valence-corrected chi connectivity index (χ4v) is 2.98. The van der Waals surface area contributed by atoms with Crippen LogP contribution in [0.25, 0.3) is 0 Å². The van der Waals surface area contributed by atoms with Gasteiger partial charge >= 0.3 is 5.97 Å². The molecule has 1 N–H and O–H groups in total. The monoisotopic (exact) mass is 348 g/mol. The normalized spacial score (nSPS) is 14.8. The number of anilines is 1. The number of carbonyl (C=O) groups is 2. The Bertz CT molecular complexity index is 781. The Morgan fingerprint density at radius 3 is 2.54 bits per heavy atom. The number of benzene rings is 1. The average molecular weight is 349 g/mol. The number of piperazine rings is 1. The van der Waals surface area contributed by atoms with Crippen LogP contribution in [0.3, 0.4) is 0 Å². The predicted molar refractivity (Wildman–Crippen MR) is 89.7 cm³/mol. The molecule has 0 radical (unpaired) electrons. The van der Waals surface area contributed by atoms with Gasteiger partial charge in [0.2, 0.25) is 0 Å². The molecule has 7 nitrogen and oxygen atoms in total. The van der Waals surface area contributed by atoms with E-state index in [0.29, 0.717) is 31.2 Å². The quantitative estimate of drug-likeness (QED) is 0.914. The molecule has 2 aromatic rings. The molecule has 1 aromatic carbocycles. The van der Waals surface area contributed by atoms with E-state index >= 15 is 0 Å². The lowest BCUT2D eigenvalue weighted by Crippen LogP contribution is -2.49. The van der Waals surface area contributed by atoms with Gasteiger partial charge in [0.1, 0.15) is 5.56 Å². The van der Waals surface area contributed by atoms with Crippen molar-refractivity contribution in [3.05, 3.63) is 46.7 Å². The molecule has 126 valence electrons. The molecule has 1 saturated heterocycles. The van der Waals surface area contributed by atoms with Crippen LogP contribution in [-0.4, -0.2) is 57.8 Å². The van der Waals surface area contributed by atoms with Crippen molar-refractivity contribution in [2.24, 2.45) is 7.05 Å². The zero-order valence-corrected chi connectivity index (χ0v) is 13.9. The van der Waals surface area contributed by atoms with Crippen molar-refractivity contribution in [1.82, 2.24) is 14.7 Å². The first kappa shape index (κ1) is 16.3. The second-order valence-corrected chi connectivity index (χ2v) is 6.07. The molecule has 2 heterocycles. The first-order valence-corrected chi connectivity index (χ1v) is 7.90. The summed E-state index contributed by atoms with van der Waals surface area (Å²) in [7, 11) is 1.60. The average Bonchev–Trinajstić information content (AvgIpc) is 2.96. The third-order valence-corrected chi connectivity index (χ3v) is 4.24. The Hall–Kier alpha value is -2.54. The SMILES string of the molecule is Cn1cc(C(=O)O)c(C(=O)N2CCN(c3cccc(Cl)c3)CC2)n1. The number of halogens is 1. The number of hydrogen-bond acceptors (Lipinski definition) is 4. The summed E-state index contributed by atoms with van der Waals surface area (Å²) in [5, 5.41) is 13.9. The van der Waals surface area contributed by atoms with Crippen LogP contribution in [-0.2, 0) is 7.05 Å². The molecule has 0 spiro atoms. The number of carboxylic acid groups (broad SMARTS) is 1. The minimum Gasteiger partial charge on any atom is -0.478 e. The summed E-state index contributed by atoms with van der Waals surface area (Å²) in [6, 6.07) is 7.58. The lowest BCUT2D eigenvalue weighted by molar-refractivity contribution is 0.0671. The molecule has 1 amide bonds. The van der Waals surface area contributed by atoms with E-state index in [1.807, 2.05) is 24.3 Å². The topological polar surface area (TPSA) is 78.7 Å². The van der Waals surface area contributed by atoms with Crippen LogP contribution in [0.15, 0.2) is 30.5 Å². The number of carboxylic acids is 1. The number of aromatic nitrogens is 2. The van der Waals surface area contributed by atoms with Crippen LogP contribution in [0.2, 0.25) is 5.02 Å². The Morgan fingerprint density at radius 2 is 1.92 bits per heavy atom. The molecule has 1 aliphatic heterocycles. The molecule has 0 unspecified atom stereocenters. The standard InChI is InChI=1S/C16H17ClN4O3/c1-19-10-13(16(23)24)14(18-19)15(22)21-7-5-20(6-8-21)12-4-2-3-11(17)9-12/h2-4,9-10H,5-8H2,1H3,(H,23,24). The molecular formula is C16H17ClN4O3. The van der Waals surface area contributed by atoms with E-state index in [1.165, 1.54) is 10.9 Å². The summed E-state index contributed by atoms with van der Waals surface area (Å²) < 4.78 is 1.35. The highest BCUT2D eigenvalue weighted by molar-refractivity contribution is 6.30. The fraction of sp³-hybridized carbons (Fsp3) is 0.312. The minimum atomic E-state index is -1.15. The van der Waals surface area contributed by atoms with E-state index in [-0.39, 0.29) is 17.2 Å². The summed E-state index contributed by atoms with van der Waals surface area (Å²) in [5.41, 5.74) is 0.930. The van der Waals surface area contributed by atoms with Gasteiger partial charge in [-0.05, 0) is 18.2 Å². The zero-order valence-electron chi connectivity index (χ0n) is 13.1. The molecule has 3 rings (SSSR count). The highest BCUT2D eigenvalue weighted by atomic mass is 35.5. The van der Waals surface area contributed by atoms with E-state index in [2.05, 4.69) is 10.00 Å². The van der Waals surface area contributed by atoms with Crippen molar-refractivity contribution in [3.63, 3.8) is 0 Å². The zero-order chi connectivity index (χ0) is 17.3. The largest absolute Gasteiger partial charge is 0.478 e. The third-order valence-electron chi connectivity index (χ3n) is 4.00. The Labute approximate surface area is 144 Å². The van der Waals surface area contributed by atoms with Crippen molar-refractivity contribution < 1.29 is 14.7 Å². The van der Waals surface area contributed by atoms with E-state index in [1.54, 1.807) is 11.9 Å². The summed E-state index contributed by atoms with van der Waals surface area (Å²) >= 11 is 6.02. The van der Waals surface area contributed by atoms with Crippen LogP contribution in [0, 0.1) is 0 Å². The molecule has 8 heteroatoms. The maximum atomic E-state index is 12.6. The summed E-state index contributed by atoms with van der Waals surface area (Å²) in [5.74, 6) is -1.50. The highest BCUT2D eigenvalue weighted by Crippen LogP contribution is 2.21. The van der Waals surface area contributed by atoms with Gasteiger partial charge in [-0.15, -0.1) is 0 Å². The van der Waals surface area contributed by atoms with Gasteiger partial charge in [-0.1, -0.05) is 17.7 Å². The number of amides is 1. The molecule has 0 bridgehead atoms. The van der Waals surface area contributed by atoms with Crippen LogP contribution in [0.1, 0.15) is 20.8 Å². The molecule has 0 atom stereocenters. The molecule has 24 heavy (non-hydrogen) atoms. The van der Waals surface area contributed by atoms with E-state index in [4.69, 9.17) is 11.6 Å². The Kier molecular flexibility index (Phi) is 4.44. The smallest absolute Gasteiger partial charge is 0.339 e. The van der Waals surface area contributed by atoms with E-state index in [9.17, 15) is 14.7 Å². The minimum absolute atomic E-state index is 0.0128. The Morgan fingerprint density at radius 1 is 1.21 bits per heavy atom. The number of aryl methyl sites for hydroxylation is 1. The first-order valence-electron chi connectivity index (χ1n) is 7.52. The van der Waals surface area contributed by atoms with Gasteiger partial charge in [0.15, 0.2) is 5.69 Å². The Balaban J connectivity index is 1.71. The fourth-order valence-electron chi connectivity index (χ4n) is 2.79. The maximum Gasteiger partial charge on any atom is 0.339 e. The molecule has 1 aliphatic rings. The lowest BCUT2D eigenvalue weighted by Gasteiger charge is -2.36. The van der Waals surface area contributed by atoms with Gasteiger partial charge in [-0.2, -0.15) is 5.10 Å². The van der Waals surface area contributed by atoms with Crippen LogP contribution in [0.4, 0.5) is 5.69 Å². The molecule has 0 saturated carbocycles. The summed E-state index contributed by atoms with van der Waals surface area (Å²) in [4.78, 5) is 27.6. The van der Waals surface area contributed by atoms with Crippen molar-refractivity contribution in [2.45, 2.75) is 0 Å². The number of nitrogens with zero attached hydrogens (tertiary/aromatic N) is 4. The maximum absolute atomic E-state index is 12.6. The van der Waals surface area contributed by atoms with Crippen LogP contribution >= 0.6 is 11.6 Å². The third kappa shape index (κ3) is 3.21. The van der Waals surface area contributed by atoms with Crippen molar-refractivity contribution in [3.8, 4) is 0 Å². The highest BCUT2D eigenvalue weighted by Gasteiger charge is 2.28. The van der Waals surface area contributed by atoms with Gasteiger partial charge in [0.05, 0.1) is 0 Å². The number of carbonyl (C=O) groups excluding carboxylic acids is 1. The van der Waals surface area contributed by atoms with Crippen molar-refractivity contribution in [2.75, 3.05) is 31.1 Å². The predicted octanol–water partition coefficient (Wildman–Crippen LogP) is 1.73. The van der Waals surface area contributed by atoms with Gasteiger partial charge in [0.25, 0.3) is 5.91 Å². The van der Waals surface area contributed by atoms with Gasteiger partial charge in [0, 0.05) is 50.1 Å². The second kappa shape index (κ2) is 6.52. The molecule has 1 fully saturated rings. The van der Waals surface area contributed by atoms with Crippen LogP contribution < -0.4 is 4.90 Å². The van der Waals surface area contributed by atoms with Crippen molar-refractivity contribution in [1.29, 1.82) is 0 Å². The second-order valence-electron chi connectivity index (χ2n) is 5.63. The number of rotatable bonds is 3. The first-order chi connectivity index (χ1) is 11.5. The van der Waals surface area contributed by atoms with E-state index < -0.39 is 5.97 Å². The van der Waals surface area contributed by atoms with Gasteiger partial charge in [-0.3, -0.25) is 9.48 Å². The molecular weight excluding hydrogens is 332 g/mol. The van der Waals surface area contributed by atoms with Gasteiger partial charge in [-0.25, -0.2) is 4.79 Å². The number of hydrogen-bond donors (Lipinski definition) is 1. The van der Waals surface area contributed by atoms with Crippen molar-refractivity contribution >= 4 is 29.2 Å².